The largest absolute Gasteiger partial charge is 0.507 e. The highest BCUT2D eigenvalue weighted by Crippen LogP contribution is 2.55. The van der Waals surface area contributed by atoms with Gasteiger partial charge in [-0.1, -0.05) is 88.4 Å². The molecule has 0 unspecified atom stereocenters. The van der Waals surface area contributed by atoms with Crippen LogP contribution < -0.4 is 10.1 Å². The Hall–Kier alpha value is -5.71. The van der Waals surface area contributed by atoms with Gasteiger partial charge in [0.25, 0.3) is 11.7 Å². The highest BCUT2D eigenvalue weighted by atomic mass is 16.7. The average molecular weight is 897 g/mol. The Morgan fingerprint density at radius 1 is 0.877 bits per heavy atom. The quantitative estimate of drug-likeness (QED) is 0.0853. The van der Waals surface area contributed by atoms with Crippen LogP contribution in [0.2, 0.25) is 0 Å². The normalized spacial score (nSPS) is 30.4. The van der Waals surface area contributed by atoms with E-state index in [2.05, 4.69) is 27.5 Å². The number of hydrogen-bond donors (Lipinski definition) is 6. The molecule has 3 aromatic carbocycles. The molecule has 9 atom stereocenters. The number of ketones is 1. The number of amides is 1. The number of aliphatic hydroxyl groups is 2. The summed E-state index contributed by atoms with van der Waals surface area (Å²) in [7, 11) is 3.05. The lowest BCUT2D eigenvalue weighted by molar-refractivity contribution is -0.112. The number of aliphatic hydroxyl groups excluding tert-OH is 2. The first kappa shape index (κ1) is 48.7. The van der Waals surface area contributed by atoms with Gasteiger partial charge in [-0.2, -0.15) is 5.10 Å². The number of fused-ring (bicyclic) bond motifs is 14. The van der Waals surface area contributed by atoms with E-state index in [0.717, 1.165) is 12.1 Å². The predicted molar refractivity (Wildman–Crippen MR) is 250 cm³/mol. The second kappa shape index (κ2) is 20.6. The van der Waals surface area contributed by atoms with Gasteiger partial charge in [-0.15, -0.1) is 0 Å². The molecule has 0 spiro atoms. The van der Waals surface area contributed by atoms with E-state index in [9.17, 15) is 35.1 Å². The molecule has 7 rings (SSSR count). The van der Waals surface area contributed by atoms with E-state index in [1.165, 1.54) is 46.6 Å². The summed E-state index contributed by atoms with van der Waals surface area (Å²) in [6.07, 6.45) is 10.1. The Labute approximate surface area is 380 Å². The van der Waals surface area contributed by atoms with Crippen molar-refractivity contribution >= 4 is 40.4 Å². The van der Waals surface area contributed by atoms with E-state index in [1.807, 2.05) is 44.2 Å². The smallest absolute Gasteiger partial charge is 0.312 e. The van der Waals surface area contributed by atoms with Gasteiger partial charge in [0.1, 0.15) is 17.2 Å². The van der Waals surface area contributed by atoms with E-state index < -0.39 is 76.9 Å². The zero-order valence-electron chi connectivity index (χ0n) is 38.7. The number of piperazine rings is 1. The molecule has 6 N–H and O–H groups in total. The van der Waals surface area contributed by atoms with Crippen LogP contribution in [0.25, 0.3) is 16.8 Å². The van der Waals surface area contributed by atoms with Gasteiger partial charge in [0.2, 0.25) is 0 Å². The minimum Gasteiger partial charge on any atom is -0.507 e. The maximum Gasteiger partial charge on any atom is 0.312 e. The lowest BCUT2D eigenvalue weighted by Gasteiger charge is -2.37. The Morgan fingerprint density at radius 2 is 1.57 bits per heavy atom. The molecule has 65 heavy (non-hydrogen) atoms. The van der Waals surface area contributed by atoms with Crippen LogP contribution in [-0.2, 0) is 19.0 Å². The molecule has 4 heterocycles. The zero-order valence-corrected chi connectivity index (χ0v) is 38.7. The number of methoxy groups -OCH3 is 2. The van der Waals surface area contributed by atoms with Crippen LogP contribution in [-0.4, -0.2) is 130 Å². The van der Waals surface area contributed by atoms with Crippen molar-refractivity contribution in [3.8, 4) is 23.0 Å². The first-order valence-corrected chi connectivity index (χ1v) is 22.1. The average Bonchev–Trinajstić information content (AvgIpc) is 3.56. The van der Waals surface area contributed by atoms with Crippen molar-refractivity contribution in [1.29, 1.82) is 0 Å². The number of anilines is 1. The fourth-order valence-electron chi connectivity index (χ4n) is 8.97. The lowest BCUT2D eigenvalue weighted by Crippen LogP contribution is -2.45. The Morgan fingerprint density at radius 3 is 2.23 bits per heavy atom. The lowest BCUT2D eigenvalue weighted by atomic mass is 9.78. The highest BCUT2D eigenvalue weighted by Gasteiger charge is 2.50. The molecule has 5 bridgehead atoms. The summed E-state index contributed by atoms with van der Waals surface area (Å²) in [5.41, 5.74) is 0.870. The number of rotatable bonds is 7. The van der Waals surface area contributed by atoms with Crippen molar-refractivity contribution in [3.63, 3.8) is 0 Å². The molecule has 4 aliphatic heterocycles. The SMILES string of the molecule is CO[C@H]1[C@@H](C)[C@H](O)[C@H](C)[C@@H](O)[C@@H](C)/C=C/C=C(/C)C(=O)Nc2c(/C=N/N3CCN(C/C=C/c4ccccc4)CC3)c(O)c3c4c(c(C)c(O)c3c2O)O[C@](C)(O/C=C/[C@H](OC)[C@H]1C)C4=O. The summed E-state index contributed by atoms with van der Waals surface area (Å²) < 4.78 is 23.9. The molecule has 4 aliphatic rings. The molecule has 0 saturated carbocycles. The zero-order chi connectivity index (χ0) is 47.3. The van der Waals surface area contributed by atoms with Gasteiger partial charge >= 0.3 is 5.79 Å². The summed E-state index contributed by atoms with van der Waals surface area (Å²) in [6.45, 7) is 14.9. The molecule has 0 aromatic heterocycles. The van der Waals surface area contributed by atoms with Crippen LogP contribution in [0, 0.1) is 30.6 Å². The number of aromatic hydroxyl groups is 3. The van der Waals surface area contributed by atoms with Crippen molar-refractivity contribution in [3.05, 3.63) is 94.8 Å². The molecule has 1 fully saturated rings. The number of hydrogen-bond acceptors (Lipinski definition) is 14. The second-order valence-corrected chi connectivity index (χ2v) is 17.6. The number of Topliss-reactive ketones (excluding diaryl/α,β-unsaturated/α-hetero) is 1. The first-order chi connectivity index (χ1) is 30.9. The van der Waals surface area contributed by atoms with Crippen molar-refractivity contribution < 1.29 is 54.1 Å². The van der Waals surface area contributed by atoms with Crippen molar-refractivity contribution in [1.82, 2.24) is 9.91 Å². The van der Waals surface area contributed by atoms with Gasteiger partial charge in [0.05, 0.1) is 59.1 Å². The number of hydrazone groups is 1. The third-order valence-electron chi connectivity index (χ3n) is 13.2. The van der Waals surface area contributed by atoms with Crippen LogP contribution in [0.3, 0.4) is 0 Å². The molecule has 1 saturated heterocycles. The van der Waals surface area contributed by atoms with Gasteiger partial charge in [-0.25, -0.2) is 0 Å². The molecular weight excluding hydrogens is 833 g/mol. The molecule has 0 radical (unpaired) electrons. The highest BCUT2D eigenvalue weighted by molar-refractivity contribution is 6.23. The fraction of sp³-hybridized carbons (Fsp3) is 0.460. The molecule has 15 heteroatoms. The number of carbonyl (C=O) groups is 2. The van der Waals surface area contributed by atoms with E-state index in [4.69, 9.17) is 18.9 Å². The molecule has 350 valence electrons. The van der Waals surface area contributed by atoms with E-state index in [-0.39, 0.29) is 50.4 Å². The maximum atomic E-state index is 14.5. The van der Waals surface area contributed by atoms with Crippen LogP contribution in [0.4, 0.5) is 5.69 Å². The number of phenolic OH excluding ortho intramolecular Hbond substituents is 3. The fourth-order valence-corrected chi connectivity index (χ4v) is 8.97. The van der Waals surface area contributed by atoms with Gasteiger partial charge < -0.3 is 49.8 Å². The molecule has 0 aliphatic carbocycles. The molecule has 15 nitrogen and oxygen atoms in total. The summed E-state index contributed by atoms with van der Waals surface area (Å²) in [5.74, 6) is -6.95. The maximum absolute atomic E-state index is 14.5. The van der Waals surface area contributed by atoms with E-state index in [1.54, 1.807) is 44.0 Å². The van der Waals surface area contributed by atoms with Crippen molar-refractivity contribution in [2.75, 3.05) is 52.3 Å². The minimum atomic E-state index is -2.00. The summed E-state index contributed by atoms with van der Waals surface area (Å²) in [4.78, 5) is 30.7. The monoisotopic (exact) mass is 896 g/mol. The summed E-state index contributed by atoms with van der Waals surface area (Å²) in [6, 6.07) is 10.0. The van der Waals surface area contributed by atoms with Crippen LogP contribution in [0.15, 0.2) is 77.6 Å². The number of phenols is 3. The van der Waals surface area contributed by atoms with Gasteiger partial charge in [-0.05, 0) is 25.5 Å². The number of ether oxygens (including phenoxy) is 4. The number of nitrogens with one attached hydrogen (secondary N) is 1. The van der Waals surface area contributed by atoms with Gasteiger partial charge in [0, 0.05) is 94.1 Å². The number of nitrogens with zero attached hydrogens (tertiary/aromatic N) is 3. The standard InChI is InChI=1S/C50H64N4O11/c1-28-15-13-16-29(2)49(61)52-40-35(27-51-54-24-22-53(23-25-54)21-14-19-34-17-11-10-12-18-34)44(58)37-38(45(40)59)43(57)33(6)47-39(37)48(60)50(7,65-47)64-26-20-36(62-8)30(3)46(63-9)32(5)42(56)31(4)41(28)55/h10-20,26-28,30-32,36,41-42,46,55-59H,21-25H2,1-9H3,(H,52,61)/b15-13+,19-14+,26-20+,29-16-,51-27+/t28-,30+,31+,32-,36-,41-,42+,46+,50-/m0/s1. The first-order valence-electron chi connectivity index (χ1n) is 22.1. The third-order valence-corrected chi connectivity index (χ3v) is 13.2. The second-order valence-electron chi connectivity index (χ2n) is 17.6. The Kier molecular flexibility index (Phi) is 15.5. The minimum absolute atomic E-state index is 0.0664. The van der Waals surface area contributed by atoms with Crippen molar-refractivity contribution in [2.24, 2.45) is 28.8 Å². The number of carbonyl (C=O) groups excluding carboxylic acids is 2. The van der Waals surface area contributed by atoms with Crippen LogP contribution in [0.1, 0.15) is 68.6 Å². The van der Waals surface area contributed by atoms with E-state index in [0.29, 0.717) is 26.2 Å². The third kappa shape index (κ3) is 10.1. The number of benzene rings is 3. The number of allylic oxidation sites excluding steroid dienone is 2. The van der Waals surface area contributed by atoms with E-state index >= 15 is 0 Å². The topological polar surface area (TPSA) is 203 Å². The Bertz CT molecular complexity index is 2370. The predicted octanol–water partition coefficient (Wildman–Crippen LogP) is 6.50. The molecule has 3 aromatic rings. The van der Waals surface area contributed by atoms with Gasteiger partial charge in [-0.3, -0.25) is 19.5 Å². The molecular formula is C50H64N4O11. The van der Waals surface area contributed by atoms with Crippen molar-refractivity contribution in [2.45, 2.75) is 78.7 Å². The Balaban J connectivity index is 1.42. The summed E-state index contributed by atoms with van der Waals surface area (Å²) >= 11 is 0. The van der Waals surface area contributed by atoms with Crippen LogP contribution >= 0.6 is 0 Å². The molecule has 1 amide bonds. The summed E-state index contributed by atoms with van der Waals surface area (Å²) in [5, 5.41) is 67.5. The van der Waals surface area contributed by atoms with Crippen LogP contribution in [0.5, 0.6) is 23.0 Å². The van der Waals surface area contributed by atoms with Gasteiger partial charge in [0.15, 0.2) is 5.75 Å².